The highest BCUT2D eigenvalue weighted by atomic mass is 32.1. The van der Waals surface area contributed by atoms with Crippen LogP contribution < -0.4 is 5.32 Å². The SMILES string of the molecule is Cc1ccc2[nH]c(=S)n(C3CCC(=O)NC3=O)c2n1. The Morgan fingerprint density at radius 3 is 2.95 bits per heavy atom. The first-order valence-electron chi connectivity index (χ1n) is 5.98. The highest BCUT2D eigenvalue weighted by Crippen LogP contribution is 2.24. The quantitative estimate of drug-likeness (QED) is 0.609. The van der Waals surface area contributed by atoms with Gasteiger partial charge in [-0.05, 0) is 37.7 Å². The molecule has 3 rings (SSSR count). The number of fused-ring (bicyclic) bond motifs is 1. The van der Waals surface area contributed by atoms with Gasteiger partial charge in [-0.3, -0.25) is 19.5 Å². The van der Waals surface area contributed by atoms with Gasteiger partial charge >= 0.3 is 0 Å². The van der Waals surface area contributed by atoms with Crippen LogP contribution in [0.3, 0.4) is 0 Å². The van der Waals surface area contributed by atoms with Gasteiger partial charge in [-0.15, -0.1) is 0 Å². The van der Waals surface area contributed by atoms with E-state index in [-0.39, 0.29) is 11.8 Å². The molecular formula is C12H12N4O2S. The number of pyridine rings is 1. The molecule has 2 aromatic rings. The van der Waals surface area contributed by atoms with E-state index in [1.165, 1.54) is 0 Å². The molecule has 1 atom stereocenters. The van der Waals surface area contributed by atoms with Crippen molar-refractivity contribution in [2.24, 2.45) is 0 Å². The summed E-state index contributed by atoms with van der Waals surface area (Å²) in [4.78, 5) is 30.6. The number of carbonyl (C=O) groups is 2. The van der Waals surface area contributed by atoms with Crippen LogP contribution in [0.15, 0.2) is 12.1 Å². The zero-order chi connectivity index (χ0) is 13.6. The molecule has 2 N–H and O–H groups in total. The number of aromatic amines is 1. The molecule has 0 spiro atoms. The summed E-state index contributed by atoms with van der Waals surface area (Å²) >= 11 is 5.26. The number of carbonyl (C=O) groups excluding carboxylic acids is 2. The standard InChI is InChI=1S/C12H12N4O2S/c1-6-2-3-7-10(13-6)16(12(19)14-7)8-4-5-9(17)15-11(8)18/h2-3,8H,4-5H2,1H3,(H,14,19)(H,15,17,18). The summed E-state index contributed by atoms with van der Waals surface area (Å²) in [7, 11) is 0. The second-order valence-electron chi connectivity index (χ2n) is 4.59. The van der Waals surface area contributed by atoms with Crippen LogP contribution in [-0.2, 0) is 9.59 Å². The summed E-state index contributed by atoms with van der Waals surface area (Å²) in [5.74, 6) is -0.562. The molecule has 0 aliphatic carbocycles. The number of amides is 2. The minimum atomic E-state index is -0.478. The van der Waals surface area contributed by atoms with Gasteiger partial charge in [0.15, 0.2) is 10.4 Å². The maximum atomic E-state index is 11.9. The van der Waals surface area contributed by atoms with Gasteiger partial charge in [0.05, 0.1) is 5.52 Å². The fourth-order valence-corrected chi connectivity index (χ4v) is 2.64. The van der Waals surface area contributed by atoms with Crippen LogP contribution >= 0.6 is 12.2 Å². The largest absolute Gasteiger partial charge is 0.329 e. The van der Waals surface area contributed by atoms with E-state index < -0.39 is 6.04 Å². The number of aromatic nitrogens is 3. The summed E-state index contributed by atoms with van der Waals surface area (Å²) in [5, 5.41) is 2.34. The molecule has 1 aliphatic rings. The minimum absolute atomic E-state index is 0.239. The van der Waals surface area contributed by atoms with Gasteiger partial charge in [-0.25, -0.2) is 4.98 Å². The summed E-state index contributed by atoms with van der Waals surface area (Å²) in [5.41, 5.74) is 2.29. The molecule has 7 heteroatoms. The summed E-state index contributed by atoms with van der Waals surface area (Å²) in [6.45, 7) is 1.88. The molecule has 6 nitrogen and oxygen atoms in total. The third-order valence-electron chi connectivity index (χ3n) is 3.22. The van der Waals surface area contributed by atoms with E-state index in [0.717, 1.165) is 11.2 Å². The third kappa shape index (κ3) is 1.95. The highest BCUT2D eigenvalue weighted by molar-refractivity contribution is 7.71. The van der Waals surface area contributed by atoms with Crippen molar-refractivity contribution >= 4 is 35.2 Å². The number of hydrogen-bond acceptors (Lipinski definition) is 4. The first-order valence-corrected chi connectivity index (χ1v) is 6.38. The number of nitrogens with zero attached hydrogens (tertiary/aromatic N) is 2. The van der Waals surface area contributed by atoms with Crippen molar-refractivity contribution in [2.45, 2.75) is 25.8 Å². The van der Waals surface area contributed by atoms with E-state index in [9.17, 15) is 9.59 Å². The lowest BCUT2D eigenvalue weighted by atomic mass is 10.1. The first kappa shape index (κ1) is 12.0. The summed E-state index contributed by atoms with van der Waals surface area (Å²) < 4.78 is 2.14. The molecule has 1 aliphatic heterocycles. The van der Waals surface area contributed by atoms with E-state index in [1.54, 1.807) is 4.57 Å². The van der Waals surface area contributed by atoms with Gasteiger partial charge in [0, 0.05) is 12.1 Å². The molecular weight excluding hydrogens is 264 g/mol. The van der Waals surface area contributed by atoms with Gasteiger partial charge in [-0.2, -0.15) is 0 Å². The average Bonchev–Trinajstić information content (AvgIpc) is 2.65. The van der Waals surface area contributed by atoms with Gasteiger partial charge in [-0.1, -0.05) is 0 Å². The zero-order valence-electron chi connectivity index (χ0n) is 10.3. The second-order valence-corrected chi connectivity index (χ2v) is 4.98. The molecule has 1 unspecified atom stereocenters. The number of nitrogens with one attached hydrogen (secondary N) is 2. The Morgan fingerprint density at radius 2 is 2.21 bits per heavy atom. The number of imidazole rings is 1. The number of H-pyrrole nitrogens is 1. The van der Waals surface area contributed by atoms with Crippen molar-refractivity contribution in [3.63, 3.8) is 0 Å². The van der Waals surface area contributed by atoms with Crippen LogP contribution in [0.2, 0.25) is 0 Å². The monoisotopic (exact) mass is 276 g/mol. The Morgan fingerprint density at radius 1 is 1.42 bits per heavy atom. The van der Waals surface area contributed by atoms with Crippen molar-refractivity contribution in [2.75, 3.05) is 0 Å². The molecule has 0 saturated carbocycles. The average molecular weight is 276 g/mol. The van der Waals surface area contributed by atoms with Crippen molar-refractivity contribution in [1.82, 2.24) is 19.9 Å². The smallest absolute Gasteiger partial charge is 0.249 e. The minimum Gasteiger partial charge on any atom is -0.329 e. The van der Waals surface area contributed by atoms with Crippen LogP contribution in [0.5, 0.6) is 0 Å². The van der Waals surface area contributed by atoms with Crippen molar-refractivity contribution in [3.05, 3.63) is 22.6 Å². The van der Waals surface area contributed by atoms with Crippen LogP contribution in [-0.4, -0.2) is 26.3 Å². The van der Waals surface area contributed by atoms with Gasteiger partial charge < -0.3 is 4.98 Å². The Hall–Kier alpha value is -2.02. The molecule has 19 heavy (non-hydrogen) atoms. The molecule has 0 bridgehead atoms. The molecule has 2 aromatic heterocycles. The van der Waals surface area contributed by atoms with Gasteiger partial charge in [0.25, 0.3) is 0 Å². The lowest BCUT2D eigenvalue weighted by Gasteiger charge is -2.22. The molecule has 0 aromatic carbocycles. The van der Waals surface area contributed by atoms with Crippen LogP contribution in [0.25, 0.3) is 11.2 Å². The molecule has 3 heterocycles. The van der Waals surface area contributed by atoms with E-state index in [4.69, 9.17) is 12.2 Å². The number of rotatable bonds is 1. The number of aryl methyl sites for hydroxylation is 1. The molecule has 2 amide bonds. The maximum Gasteiger partial charge on any atom is 0.249 e. The molecule has 1 fully saturated rings. The highest BCUT2D eigenvalue weighted by Gasteiger charge is 2.30. The predicted molar refractivity (Wildman–Crippen MR) is 71.1 cm³/mol. The fourth-order valence-electron chi connectivity index (χ4n) is 2.31. The molecule has 0 radical (unpaired) electrons. The molecule has 98 valence electrons. The fraction of sp³-hybridized carbons (Fsp3) is 0.333. The summed E-state index contributed by atoms with van der Waals surface area (Å²) in [6.07, 6.45) is 0.762. The third-order valence-corrected chi connectivity index (χ3v) is 3.52. The topological polar surface area (TPSA) is 79.8 Å². The Bertz CT molecular complexity index is 746. The Labute approximate surface area is 113 Å². The first-order chi connectivity index (χ1) is 9.06. The van der Waals surface area contributed by atoms with Crippen molar-refractivity contribution in [3.8, 4) is 0 Å². The van der Waals surface area contributed by atoms with E-state index in [0.29, 0.717) is 23.3 Å². The maximum absolute atomic E-state index is 11.9. The second kappa shape index (κ2) is 4.27. The van der Waals surface area contributed by atoms with Crippen LogP contribution in [0.4, 0.5) is 0 Å². The van der Waals surface area contributed by atoms with E-state index in [1.807, 2.05) is 19.1 Å². The van der Waals surface area contributed by atoms with Crippen LogP contribution in [0, 0.1) is 11.7 Å². The number of piperidine rings is 1. The van der Waals surface area contributed by atoms with Crippen molar-refractivity contribution in [1.29, 1.82) is 0 Å². The molecule has 1 saturated heterocycles. The number of hydrogen-bond donors (Lipinski definition) is 2. The zero-order valence-corrected chi connectivity index (χ0v) is 11.1. The van der Waals surface area contributed by atoms with E-state index >= 15 is 0 Å². The van der Waals surface area contributed by atoms with Gasteiger partial charge in [0.1, 0.15) is 6.04 Å². The summed E-state index contributed by atoms with van der Waals surface area (Å²) in [6, 6.07) is 3.28. The Kier molecular flexibility index (Phi) is 2.70. The van der Waals surface area contributed by atoms with Crippen molar-refractivity contribution < 1.29 is 9.59 Å². The lowest BCUT2D eigenvalue weighted by Crippen LogP contribution is -2.41. The normalized spacial score (nSPS) is 19.7. The van der Waals surface area contributed by atoms with E-state index in [2.05, 4.69) is 15.3 Å². The predicted octanol–water partition coefficient (Wildman–Crippen LogP) is 1.38. The van der Waals surface area contributed by atoms with Gasteiger partial charge in [0.2, 0.25) is 11.8 Å². The Balaban J connectivity index is 2.17. The number of imide groups is 1. The van der Waals surface area contributed by atoms with Crippen LogP contribution in [0.1, 0.15) is 24.6 Å². The lowest BCUT2D eigenvalue weighted by molar-refractivity contribution is -0.135.